The molecule has 1 aromatic carbocycles. The van der Waals surface area contributed by atoms with Crippen molar-refractivity contribution in [3.63, 3.8) is 0 Å². The van der Waals surface area contributed by atoms with E-state index < -0.39 is 0 Å². The van der Waals surface area contributed by atoms with E-state index in [0.717, 1.165) is 54.9 Å². The fourth-order valence-corrected chi connectivity index (χ4v) is 4.64. The van der Waals surface area contributed by atoms with Crippen molar-refractivity contribution in [2.24, 2.45) is 13.0 Å². The summed E-state index contributed by atoms with van der Waals surface area (Å²) >= 11 is 0. The maximum Gasteiger partial charge on any atom is 0.260 e. The van der Waals surface area contributed by atoms with Gasteiger partial charge >= 0.3 is 0 Å². The van der Waals surface area contributed by atoms with Crippen molar-refractivity contribution in [2.45, 2.75) is 33.7 Å². The van der Waals surface area contributed by atoms with Crippen LogP contribution in [-0.4, -0.2) is 63.3 Å². The van der Waals surface area contributed by atoms with E-state index in [1.165, 1.54) is 5.56 Å². The van der Waals surface area contributed by atoms with Crippen LogP contribution in [0.2, 0.25) is 0 Å². The van der Waals surface area contributed by atoms with Crippen molar-refractivity contribution in [2.75, 3.05) is 32.8 Å². The quantitative estimate of drug-likeness (QED) is 0.543. The monoisotopic (exact) mass is 435 g/mol. The topological polar surface area (TPSA) is 63.5 Å². The molecule has 32 heavy (non-hydrogen) atoms. The molecule has 0 N–H and O–H groups in total. The predicted octanol–water partition coefficient (Wildman–Crippen LogP) is 3.33. The number of pyridine rings is 1. The molecule has 0 unspecified atom stereocenters. The predicted molar refractivity (Wildman–Crippen MR) is 126 cm³/mol. The van der Waals surface area contributed by atoms with Gasteiger partial charge in [-0.05, 0) is 56.8 Å². The van der Waals surface area contributed by atoms with Gasteiger partial charge in [0.1, 0.15) is 0 Å². The summed E-state index contributed by atoms with van der Waals surface area (Å²) in [7, 11) is 1.85. The zero-order chi connectivity index (χ0) is 22.7. The highest BCUT2D eigenvalue weighted by Gasteiger charge is 2.26. The molecule has 2 aromatic heterocycles. The van der Waals surface area contributed by atoms with Gasteiger partial charge in [0.2, 0.25) is 5.88 Å². The van der Waals surface area contributed by atoms with E-state index in [9.17, 15) is 4.79 Å². The maximum absolute atomic E-state index is 12.9. The average molecular weight is 436 g/mol. The second-order valence-electron chi connectivity index (χ2n) is 8.80. The van der Waals surface area contributed by atoms with E-state index >= 15 is 0 Å². The lowest BCUT2D eigenvalue weighted by molar-refractivity contribution is -0.133. The third kappa shape index (κ3) is 4.93. The van der Waals surface area contributed by atoms with E-state index in [0.29, 0.717) is 18.3 Å². The second-order valence-corrected chi connectivity index (χ2v) is 8.80. The summed E-state index contributed by atoms with van der Waals surface area (Å²) in [4.78, 5) is 21.9. The molecule has 0 spiro atoms. The first-order valence-corrected chi connectivity index (χ1v) is 11.4. The standard InChI is InChI=1S/C25H33N5O2/c1-5-30(16-21-11-12-29(15-21)14-20-9-7-6-8-10-20)22(31)17-32-25-23-18(2)13-19(3)26-24(23)28(4)27-25/h6-10,13,21H,5,11-12,14-17H2,1-4H3/t21-/m0/s1. The average Bonchev–Trinajstić information content (AvgIpc) is 3.34. The first-order chi connectivity index (χ1) is 15.4. The molecular weight excluding hydrogens is 402 g/mol. The van der Waals surface area contributed by atoms with Gasteiger partial charge < -0.3 is 9.64 Å². The summed E-state index contributed by atoms with van der Waals surface area (Å²) in [6, 6.07) is 12.6. The van der Waals surface area contributed by atoms with Crippen molar-refractivity contribution in [3.8, 4) is 5.88 Å². The molecule has 1 saturated heterocycles. The van der Waals surface area contributed by atoms with Crippen LogP contribution in [0.15, 0.2) is 36.4 Å². The molecule has 7 nitrogen and oxygen atoms in total. The summed E-state index contributed by atoms with van der Waals surface area (Å²) in [6.45, 7) is 10.5. The Labute approximate surface area is 190 Å². The van der Waals surface area contributed by atoms with E-state index in [4.69, 9.17) is 4.74 Å². The van der Waals surface area contributed by atoms with Gasteiger partial charge in [-0.25, -0.2) is 9.67 Å². The Hall–Kier alpha value is -2.93. The Bertz CT molecular complexity index is 1080. The molecule has 3 heterocycles. The maximum atomic E-state index is 12.9. The van der Waals surface area contributed by atoms with E-state index in [-0.39, 0.29) is 12.5 Å². The van der Waals surface area contributed by atoms with E-state index in [1.807, 2.05) is 38.8 Å². The minimum Gasteiger partial charge on any atom is -0.466 e. The van der Waals surface area contributed by atoms with Crippen LogP contribution in [0.5, 0.6) is 5.88 Å². The molecule has 1 fully saturated rings. The summed E-state index contributed by atoms with van der Waals surface area (Å²) in [6.07, 6.45) is 1.12. The number of rotatable bonds is 8. The highest BCUT2D eigenvalue weighted by molar-refractivity contribution is 5.85. The second kappa shape index (κ2) is 9.69. The summed E-state index contributed by atoms with van der Waals surface area (Å²) in [5, 5.41) is 5.33. The number of aryl methyl sites for hydroxylation is 3. The van der Waals surface area contributed by atoms with Gasteiger partial charge in [0.05, 0.1) is 5.39 Å². The highest BCUT2D eigenvalue weighted by Crippen LogP contribution is 2.27. The van der Waals surface area contributed by atoms with Gasteiger partial charge in [-0.2, -0.15) is 0 Å². The number of likely N-dealkylation sites (N-methyl/N-ethyl adjacent to an activating group) is 1. The van der Waals surface area contributed by atoms with E-state index in [1.54, 1.807) is 4.68 Å². The molecule has 0 saturated carbocycles. The lowest BCUT2D eigenvalue weighted by Gasteiger charge is -2.24. The lowest BCUT2D eigenvalue weighted by Crippen LogP contribution is -2.39. The minimum atomic E-state index is -0.00623. The van der Waals surface area contributed by atoms with Crippen LogP contribution >= 0.6 is 0 Å². The first kappa shape index (κ1) is 22.3. The molecule has 3 aromatic rings. The summed E-state index contributed by atoms with van der Waals surface area (Å²) in [5.74, 6) is 0.977. The molecule has 0 bridgehead atoms. The number of benzene rings is 1. The molecule has 1 aliphatic rings. The third-order valence-corrected chi connectivity index (χ3v) is 6.25. The summed E-state index contributed by atoms with van der Waals surface area (Å²) in [5.41, 5.74) is 4.12. The zero-order valence-corrected chi connectivity index (χ0v) is 19.5. The molecule has 7 heteroatoms. The van der Waals surface area contributed by atoms with Crippen molar-refractivity contribution < 1.29 is 9.53 Å². The van der Waals surface area contributed by atoms with Crippen molar-refractivity contribution in [1.82, 2.24) is 24.6 Å². The number of nitrogens with zero attached hydrogens (tertiary/aromatic N) is 5. The SMILES string of the molecule is CCN(C[C@H]1CCN(Cc2ccccc2)C1)C(=O)COc1nn(C)c2nc(C)cc(C)c12. The number of amides is 1. The fraction of sp³-hybridized carbons (Fsp3) is 0.480. The Morgan fingerprint density at radius 3 is 2.78 bits per heavy atom. The number of carbonyl (C=O) groups excluding carboxylic acids is 1. The third-order valence-electron chi connectivity index (χ3n) is 6.25. The van der Waals surface area contributed by atoms with Crippen LogP contribution in [0.1, 0.15) is 30.2 Å². The Kier molecular flexibility index (Phi) is 6.74. The number of hydrogen-bond acceptors (Lipinski definition) is 5. The number of ether oxygens (including phenoxy) is 1. The summed E-state index contributed by atoms with van der Waals surface area (Å²) < 4.78 is 7.61. The number of fused-ring (bicyclic) bond motifs is 1. The molecule has 1 atom stereocenters. The fourth-order valence-electron chi connectivity index (χ4n) is 4.64. The van der Waals surface area contributed by atoms with Crippen molar-refractivity contribution in [1.29, 1.82) is 0 Å². The zero-order valence-electron chi connectivity index (χ0n) is 19.5. The van der Waals surface area contributed by atoms with Gasteiger partial charge in [-0.3, -0.25) is 9.69 Å². The largest absolute Gasteiger partial charge is 0.466 e. The molecule has 0 radical (unpaired) electrons. The molecule has 1 amide bonds. The normalized spacial score (nSPS) is 16.6. The van der Waals surface area contributed by atoms with Gasteiger partial charge in [0.25, 0.3) is 5.91 Å². The Balaban J connectivity index is 1.33. The molecule has 0 aliphatic carbocycles. The first-order valence-electron chi connectivity index (χ1n) is 11.4. The highest BCUT2D eigenvalue weighted by atomic mass is 16.5. The molecule has 4 rings (SSSR count). The van der Waals surface area contributed by atoms with Crippen molar-refractivity contribution >= 4 is 16.9 Å². The van der Waals surface area contributed by atoms with Crippen LogP contribution < -0.4 is 4.74 Å². The van der Waals surface area contributed by atoms with Crippen LogP contribution in [-0.2, 0) is 18.4 Å². The number of carbonyl (C=O) groups is 1. The number of likely N-dealkylation sites (tertiary alicyclic amines) is 1. The molecule has 170 valence electrons. The number of aromatic nitrogens is 3. The van der Waals surface area contributed by atoms with E-state index in [2.05, 4.69) is 45.3 Å². The van der Waals surface area contributed by atoms with Crippen LogP contribution in [0.4, 0.5) is 0 Å². The van der Waals surface area contributed by atoms with Gasteiger partial charge in [0.15, 0.2) is 12.3 Å². The lowest BCUT2D eigenvalue weighted by atomic mass is 10.1. The smallest absolute Gasteiger partial charge is 0.260 e. The van der Waals surface area contributed by atoms with Crippen LogP contribution in [0.3, 0.4) is 0 Å². The Morgan fingerprint density at radius 1 is 1.25 bits per heavy atom. The van der Waals surface area contributed by atoms with Gasteiger partial charge in [-0.15, -0.1) is 5.10 Å². The van der Waals surface area contributed by atoms with Crippen LogP contribution in [0.25, 0.3) is 11.0 Å². The van der Waals surface area contributed by atoms with Gasteiger partial charge in [0, 0.05) is 38.9 Å². The molecular formula is C25H33N5O2. The van der Waals surface area contributed by atoms with Gasteiger partial charge in [-0.1, -0.05) is 30.3 Å². The minimum absolute atomic E-state index is 0.00513. The van der Waals surface area contributed by atoms with Crippen molar-refractivity contribution in [3.05, 3.63) is 53.2 Å². The van der Waals surface area contributed by atoms with Crippen LogP contribution in [0, 0.1) is 19.8 Å². The molecule has 1 aliphatic heterocycles. The Morgan fingerprint density at radius 2 is 2.03 bits per heavy atom. The number of hydrogen-bond donors (Lipinski definition) is 0.